The van der Waals surface area contributed by atoms with Crippen LogP contribution in [0.5, 0.6) is 0 Å². The molecule has 0 aliphatic carbocycles. The van der Waals surface area contributed by atoms with Crippen molar-refractivity contribution in [2.75, 3.05) is 0 Å². The van der Waals surface area contributed by atoms with Gasteiger partial charge in [0.25, 0.3) is 5.56 Å². The van der Waals surface area contributed by atoms with Crippen LogP contribution in [0.15, 0.2) is 53.6 Å². The molecule has 160 valence electrons. The summed E-state index contributed by atoms with van der Waals surface area (Å²) in [4.78, 5) is 21.1. The molecular formula is C20H12ClF5N4O. The van der Waals surface area contributed by atoms with Crippen molar-refractivity contribution < 1.29 is 22.0 Å². The number of halogens is 6. The van der Waals surface area contributed by atoms with E-state index in [9.17, 15) is 26.7 Å². The summed E-state index contributed by atoms with van der Waals surface area (Å²) >= 11 is 5.89. The third-order valence-electron chi connectivity index (χ3n) is 4.54. The van der Waals surface area contributed by atoms with E-state index in [1.807, 2.05) is 0 Å². The molecular weight excluding hydrogens is 443 g/mol. The number of rotatable bonds is 4. The summed E-state index contributed by atoms with van der Waals surface area (Å²) in [5, 5.41) is 0.377. The van der Waals surface area contributed by atoms with Gasteiger partial charge in [0.2, 0.25) is 0 Å². The van der Waals surface area contributed by atoms with Crippen LogP contribution in [0.1, 0.15) is 11.4 Å². The molecule has 4 rings (SSSR count). The van der Waals surface area contributed by atoms with Crippen molar-refractivity contribution in [3.63, 3.8) is 0 Å². The maximum Gasteiger partial charge on any atom is 0.406 e. The zero-order chi connectivity index (χ0) is 22.3. The van der Waals surface area contributed by atoms with E-state index in [2.05, 4.69) is 9.97 Å². The third-order valence-corrected chi connectivity index (χ3v) is 4.79. The van der Waals surface area contributed by atoms with Gasteiger partial charge in [-0.2, -0.15) is 13.2 Å². The average Bonchev–Trinajstić information content (AvgIpc) is 3.07. The number of benzene rings is 2. The maximum absolute atomic E-state index is 14.2. The lowest BCUT2D eigenvalue weighted by Crippen LogP contribution is -2.26. The van der Waals surface area contributed by atoms with E-state index in [-0.39, 0.29) is 28.2 Å². The quantitative estimate of drug-likeness (QED) is 0.421. The van der Waals surface area contributed by atoms with Gasteiger partial charge >= 0.3 is 6.18 Å². The molecule has 0 spiro atoms. The van der Waals surface area contributed by atoms with Crippen LogP contribution >= 0.6 is 11.6 Å². The first-order valence-corrected chi connectivity index (χ1v) is 9.24. The first-order chi connectivity index (χ1) is 14.6. The smallest absolute Gasteiger partial charge is 0.306 e. The zero-order valence-corrected chi connectivity index (χ0v) is 16.3. The summed E-state index contributed by atoms with van der Waals surface area (Å²) in [6.07, 6.45) is -4.21. The van der Waals surface area contributed by atoms with E-state index in [0.29, 0.717) is 9.59 Å². The van der Waals surface area contributed by atoms with E-state index < -0.39 is 36.3 Å². The molecule has 0 saturated heterocycles. The van der Waals surface area contributed by atoms with Crippen LogP contribution in [0.25, 0.3) is 16.9 Å². The summed E-state index contributed by atoms with van der Waals surface area (Å²) in [5.41, 5.74) is -1.53. The van der Waals surface area contributed by atoms with E-state index >= 15 is 0 Å². The van der Waals surface area contributed by atoms with Gasteiger partial charge in [-0.3, -0.25) is 9.36 Å². The van der Waals surface area contributed by atoms with Crippen LogP contribution < -0.4 is 5.56 Å². The molecule has 0 N–H and O–H groups in total. The molecule has 0 aliphatic rings. The molecule has 4 aromatic rings. The number of imidazole rings is 1. The van der Waals surface area contributed by atoms with Crippen LogP contribution in [-0.2, 0) is 13.0 Å². The molecule has 0 aliphatic heterocycles. The predicted molar refractivity (Wildman–Crippen MR) is 103 cm³/mol. The van der Waals surface area contributed by atoms with Gasteiger partial charge in [-0.05, 0) is 36.4 Å². The highest BCUT2D eigenvalue weighted by Crippen LogP contribution is 2.23. The van der Waals surface area contributed by atoms with Crippen LogP contribution in [0.4, 0.5) is 22.0 Å². The SMILES string of the molecule is O=c1c2ncn(CC(F)(F)F)c2nc(Cc2c(F)cccc2F)n1-c1ccc(Cl)cc1. The van der Waals surface area contributed by atoms with Crippen molar-refractivity contribution in [3.8, 4) is 5.69 Å². The lowest BCUT2D eigenvalue weighted by Gasteiger charge is -2.14. The normalized spacial score (nSPS) is 11.9. The lowest BCUT2D eigenvalue weighted by molar-refractivity contribution is -0.140. The van der Waals surface area contributed by atoms with Crippen molar-refractivity contribution in [2.45, 2.75) is 19.1 Å². The Morgan fingerprint density at radius 1 is 1.00 bits per heavy atom. The second-order valence-corrected chi connectivity index (χ2v) is 7.12. The fourth-order valence-electron chi connectivity index (χ4n) is 3.18. The van der Waals surface area contributed by atoms with Gasteiger partial charge in [-0.15, -0.1) is 0 Å². The van der Waals surface area contributed by atoms with Crippen molar-refractivity contribution >= 4 is 22.8 Å². The Hall–Kier alpha value is -3.27. The molecule has 0 unspecified atom stereocenters. The van der Waals surface area contributed by atoms with E-state index in [1.54, 1.807) is 0 Å². The fourth-order valence-corrected chi connectivity index (χ4v) is 3.31. The first-order valence-electron chi connectivity index (χ1n) is 8.86. The van der Waals surface area contributed by atoms with Crippen LogP contribution in [0.3, 0.4) is 0 Å². The second-order valence-electron chi connectivity index (χ2n) is 6.68. The lowest BCUT2D eigenvalue weighted by atomic mass is 10.1. The Kier molecular flexibility index (Phi) is 5.26. The van der Waals surface area contributed by atoms with Gasteiger partial charge < -0.3 is 4.57 Å². The van der Waals surface area contributed by atoms with Crippen molar-refractivity contribution in [1.82, 2.24) is 19.1 Å². The van der Waals surface area contributed by atoms with Gasteiger partial charge in [-0.1, -0.05) is 17.7 Å². The first kappa shape index (κ1) is 21.0. The molecule has 2 aromatic carbocycles. The van der Waals surface area contributed by atoms with Gasteiger partial charge in [0.05, 0.1) is 12.0 Å². The van der Waals surface area contributed by atoms with Gasteiger partial charge in [-0.25, -0.2) is 18.7 Å². The van der Waals surface area contributed by atoms with E-state index in [4.69, 9.17) is 11.6 Å². The monoisotopic (exact) mass is 454 g/mol. The Morgan fingerprint density at radius 2 is 1.65 bits per heavy atom. The number of hydrogen-bond acceptors (Lipinski definition) is 3. The van der Waals surface area contributed by atoms with Crippen molar-refractivity contribution in [2.24, 2.45) is 0 Å². The summed E-state index contributed by atoms with van der Waals surface area (Å²) in [6, 6.07) is 9.18. The van der Waals surface area contributed by atoms with Gasteiger partial charge in [0, 0.05) is 17.0 Å². The molecule has 2 heterocycles. The Labute approximate surface area is 176 Å². The summed E-state index contributed by atoms with van der Waals surface area (Å²) in [7, 11) is 0. The molecule has 0 atom stereocenters. The highest BCUT2D eigenvalue weighted by molar-refractivity contribution is 6.30. The predicted octanol–water partition coefficient (Wildman–Crippen LogP) is 4.67. The summed E-state index contributed by atoms with van der Waals surface area (Å²) < 4.78 is 68.9. The molecule has 0 saturated carbocycles. The van der Waals surface area contributed by atoms with Gasteiger partial charge in [0.15, 0.2) is 11.2 Å². The highest BCUT2D eigenvalue weighted by atomic mass is 35.5. The molecule has 0 fully saturated rings. The van der Waals surface area contributed by atoms with Crippen molar-refractivity contribution in [3.05, 3.63) is 87.2 Å². The van der Waals surface area contributed by atoms with Crippen molar-refractivity contribution in [1.29, 1.82) is 0 Å². The van der Waals surface area contributed by atoms with Crippen LogP contribution in [0, 0.1) is 11.6 Å². The second kappa shape index (κ2) is 7.77. The zero-order valence-electron chi connectivity index (χ0n) is 15.5. The minimum absolute atomic E-state index is 0.159. The number of aromatic nitrogens is 4. The fraction of sp³-hybridized carbons (Fsp3) is 0.150. The number of hydrogen-bond donors (Lipinski definition) is 0. The Morgan fingerprint density at radius 3 is 2.26 bits per heavy atom. The Balaban J connectivity index is 1.98. The standard InChI is InChI=1S/C20H12ClF5N4O/c21-11-4-6-12(7-5-11)30-16(8-13-14(22)2-1-3-15(13)23)28-18-17(19(30)31)27-10-29(18)9-20(24,25)26/h1-7,10H,8-9H2. The summed E-state index contributed by atoms with van der Waals surface area (Å²) in [6.45, 7) is -1.42. The maximum atomic E-state index is 14.2. The van der Waals surface area contributed by atoms with Gasteiger partial charge in [0.1, 0.15) is 24.0 Å². The largest absolute Gasteiger partial charge is 0.406 e. The highest BCUT2D eigenvalue weighted by Gasteiger charge is 2.30. The number of nitrogens with zero attached hydrogens (tertiary/aromatic N) is 4. The summed E-state index contributed by atoms with van der Waals surface area (Å²) in [5.74, 6) is -1.91. The Bertz CT molecular complexity index is 1310. The molecule has 11 heteroatoms. The molecule has 5 nitrogen and oxygen atoms in total. The van der Waals surface area contributed by atoms with Crippen LogP contribution in [-0.4, -0.2) is 25.3 Å². The molecule has 31 heavy (non-hydrogen) atoms. The number of alkyl halides is 3. The van der Waals surface area contributed by atoms with E-state index in [0.717, 1.165) is 23.0 Å². The minimum atomic E-state index is -4.59. The third kappa shape index (κ3) is 4.15. The molecule has 2 aromatic heterocycles. The topological polar surface area (TPSA) is 52.7 Å². The van der Waals surface area contributed by atoms with E-state index in [1.165, 1.54) is 30.3 Å². The molecule has 0 amide bonds. The molecule has 0 radical (unpaired) electrons. The average molecular weight is 455 g/mol. The number of fused-ring (bicyclic) bond motifs is 1. The molecule has 0 bridgehead atoms. The van der Waals surface area contributed by atoms with Crippen LogP contribution in [0.2, 0.25) is 5.02 Å². The minimum Gasteiger partial charge on any atom is -0.306 e.